The number of ether oxygens (including phenoxy) is 1. The maximum Gasteiger partial charge on any atom is 0.414 e. The average Bonchev–Trinajstić information content (AvgIpc) is 3.09. The lowest BCUT2D eigenvalue weighted by molar-refractivity contribution is 0.181. The van der Waals surface area contributed by atoms with Crippen molar-refractivity contribution in [1.82, 2.24) is 9.97 Å². The summed E-state index contributed by atoms with van der Waals surface area (Å²) in [7, 11) is 0. The molecule has 3 heterocycles. The second-order valence-corrected chi connectivity index (χ2v) is 7.16. The third-order valence-electron chi connectivity index (χ3n) is 4.88. The number of pyridine rings is 2. The topological polar surface area (TPSA) is 87.3 Å². The van der Waals surface area contributed by atoms with Crippen LogP contribution in [-0.2, 0) is 4.74 Å². The van der Waals surface area contributed by atoms with E-state index in [0.29, 0.717) is 29.6 Å². The quantitative estimate of drug-likeness (QED) is 0.693. The number of nitrogens with one attached hydrogen (secondary N) is 2. The van der Waals surface area contributed by atoms with Crippen molar-refractivity contribution >= 4 is 40.1 Å². The molecule has 0 bridgehead atoms. The molecule has 144 valence electrons. The Hall–Kier alpha value is -3.06. The minimum atomic E-state index is -0.365. The van der Waals surface area contributed by atoms with Crippen LogP contribution in [-0.4, -0.2) is 29.2 Å². The normalized spacial score (nSPS) is 15.0. The van der Waals surface area contributed by atoms with Crippen molar-refractivity contribution in [3.63, 3.8) is 0 Å². The fourth-order valence-electron chi connectivity index (χ4n) is 3.37. The summed E-state index contributed by atoms with van der Waals surface area (Å²) in [5.41, 5.74) is 2.68. The molecule has 8 heteroatoms. The second-order valence-electron chi connectivity index (χ2n) is 6.72. The Balaban J connectivity index is 1.66. The molecule has 1 unspecified atom stereocenters. The molecule has 2 N–H and O–H groups in total. The third-order valence-corrected chi connectivity index (χ3v) is 5.12. The molecule has 1 aliphatic rings. The van der Waals surface area contributed by atoms with Crippen LogP contribution in [0.3, 0.4) is 0 Å². The molecule has 1 aromatic carbocycles. The van der Waals surface area contributed by atoms with Gasteiger partial charge in [0.1, 0.15) is 12.4 Å². The summed E-state index contributed by atoms with van der Waals surface area (Å²) in [4.78, 5) is 33.3. The zero-order valence-electron chi connectivity index (χ0n) is 15.5. The predicted molar refractivity (Wildman–Crippen MR) is 109 cm³/mol. The van der Waals surface area contributed by atoms with Crippen molar-refractivity contribution in [3.05, 3.63) is 63.0 Å². The Kier molecular flexibility index (Phi) is 4.68. The summed E-state index contributed by atoms with van der Waals surface area (Å²) in [6, 6.07) is 8.64. The predicted octanol–water partition coefficient (Wildman–Crippen LogP) is 4.01. The maximum absolute atomic E-state index is 12.5. The molecule has 0 spiro atoms. The molecule has 3 aromatic rings. The van der Waals surface area contributed by atoms with Gasteiger partial charge in [-0.15, -0.1) is 0 Å². The summed E-state index contributed by atoms with van der Waals surface area (Å²) in [6.45, 7) is 4.64. The summed E-state index contributed by atoms with van der Waals surface area (Å²) < 4.78 is 5.02. The number of aromatic amines is 1. The van der Waals surface area contributed by atoms with Crippen LogP contribution < -0.4 is 15.8 Å². The van der Waals surface area contributed by atoms with Gasteiger partial charge in [0, 0.05) is 33.2 Å². The molecule has 1 atom stereocenters. The first kappa shape index (κ1) is 18.3. The van der Waals surface area contributed by atoms with Crippen LogP contribution in [0.2, 0.25) is 5.02 Å². The largest absolute Gasteiger partial charge is 0.447 e. The number of anilines is 2. The molecule has 7 nitrogen and oxygen atoms in total. The Morgan fingerprint density at radius 2 is 2.11 bits per heavy atom. The van der Waals surface area contributed by atoms with E-state index in [1.54, 1.807) is 29.3 Å². The van der Waals surface area contributed by atoms with E-state index in [-0.39, 0.29) is 17.7 Å². The Morgan fingerprint density at radius 1 is 1.29 bits per heavy atom. The average molecular weight is 399 g/mol. The zero-order chi connectivity index (χ0) is 19.8. The van der Waals surface area contributed by atoms with Crippen molar-refractivity contribution in [2.24, 2.45) is 0 Å². The van der Waals surface area contributed by atoms with Gasteiger partial charge in [0.2, 0.25) is 0 Å². The highest BCUT2D eigenvalue weighted by Gasteiger charge is 2.26. The standard InChI is InChI=1S/C20H19ClN4O3/c1-11-17(25-7-8-28-20(25)27)5-6-22-18(11)23-12(2)15-10-13-9-14(21)3-4-16(13)24-19(15)26/h3-6,9-10,12H,7-8H2,1-2H3,(H,22,23)(H,24,26). The number of hydrogen-bond donors (Lipinski definition) is 2. The van der Waals surface area contributed by atoms with E-state index in [4.69, 9.17) is 16.3 Å². The van der Waals surface area contributed by atoms with Crippen molar-refractivity contribution in [2.75, 3.05) is 23.4 Å². The molecular weight excluding hydrogens is 380 g/mol. The van der Waals surface area contributed by atoms with Gasteiger partial charge in [-0.2, -0.15) is 0 Å². The van der Waals surface area contributed by atoms with Gasteiger partial charge in [0.25, 0.3) is 5.56 Å². The van der Waals surface area contributed by atoms with E-state index in [9.17, 15) is 9.59 Å². The van der Waals surface area contributed by atoms with Gasteiger partial charge in [-0.3, -0.25) is 9.69 Å². The van der Waals surface area contributed by atoms with Crippen molar-refractivity contribution in [1.29, 1.82) is 0 Å². The number of fused-ring (bicyclic) bond motifs is 1. The molecule has 2 aromatic heterocycles. The summed E-state index contributed by atoms with van der Waals surface area (Å²) >= 11 is 6.07. The maximum atomic E-state index is 12.5. The van der Waals surface area contributed by atoms with Crippen molar-refractivity contribution in [3.8, 4) is 0 Å². The number of carbonyl (C=O) groups excluding carboxylic acids is 1. The Morgan fingerprint density at radius 3 is 2.86 bits per heavy atom. The lowest BCUT2D eigenvalue weighted by atomic mass is 10.1. The highest BCUT2D eigenvalue weighted by atomic mass is 35.5. The molecule has 4 rings (SSSR count). The van der Waals surface area contributed by atoms with Gasteiger partial charge in [0.15, 0.2) is 0 Å². The van der Waals surface area contributed by atoms with Crippen LogP contribution in [0.5, 0.6) is 0 Å². The molecule has 1 fully saturated rings. The second kappa shape index (κ2) is 7.16. The van der Waals surface area contributed by atoms with Gasteiger partial charge in [0.05, 0.1) is 18.3 Å². The summed E-state index contributed by atoms with van der Waals surface area (Å²) in [5, 5.41) is 4.74. The highest BCUT2D eigenvalue weighted by Crippen LogP contribution is 2.29. The third kappa shape index (κ3) is 3.29. The molecular formula is C20H19ClN4O3. The molecule has 0 saturated carbocycles. The lowest BCUT2D eigenvalue weighted by Gasteiger charge is -2.20. The van der Waals surface area contributed by atoms with Crippen LogP contribution in [0.1, 0.15) is 24.1 Å². The van der Waals surface area contributed by atoms with E-state index >= 15 is 0 Å². The number of halogens is 1. The Bertz CT molecular complexity index is 1130. The molecule has 0 radical (unpaired) electrons. The molecule has 1 amide bonds. The van der Waals surface area contributed by atoms with Gasteiger partial charge in [-0.25, -0.2) is 9.78 Å². The smallest absolute Gasteiger partial charge is 0.414 e. The summed E-state index contributed by atoms with van der Waals surface area (Å²) in [5.74, 6) is 0.607. The number of nitrogens with zero attached hydrogens (tertiary/aromatic N) is 2. The number of cyclic esters (lactones) is 1. The van der Waals surface area contributed by atoms with Gasteiger partial charge < -0.3 is 15.0 Å². The zero-order valence-corrected chi connectivity index (χ0v) is 16.2. The number of benzene rings is 1. The Labute approximate surface area is 166 Å². The van der Waals surface area contributed by atoms with E-state index in [2.05, 4.69) is 15.3 Å². The van der Waals surface area contributed by atoms with Crippen molar-refractivity contribution in [2.45, 2.75) is 19.9 Å². The number of carbonyl (C=O) groups is 1. The lowest BCUT2D eigenvalue weighted by Crippen LogP contribution is -2.25. The summed E-state index contributed by atoms with van der Waals surface area (Å²) in [6.07, 6.45) is 1.27. The minimum absolute atomic E-state index is 0.174. The molecule has 28 heavy (non-hydrogen) atoms. The number of H-pyrrole nitrogens is 1. The first-order chi connectivity index (χ1) is 13.4. The van der Waals surface area contributed by atoms with Gasteiger partial charge >= 0.3 is 6.09 Å². The van der Waals surface area contributed by atoms with E-state index in [1.807, 2.05) is 26.0 Å². The molecule has 1 aliphatic heterocycles. The van der Waals surface area contributed by atoms with Crippen LogP contribution in [0.4, 0.5) is 16.3 Å². The number of aromatic nitrogens is 2. The SMILES string of the molecule is Cc1c(N2CCOC2=O)ccnc1NC(C)c1cc2cc(Cl)ccc2[nH]c1=O. The van der Waals surface area contributed by atoms with Crippen LogP contribution in [0.25, 0.3) is 10.9 Å². The van der Waals surface area contributed by atoms with Crippen LogP contribution in [0, 0.1) is 6.92 Å². The van der Waals surface area contributed by atoms with E-state index < -0.39 is 0 Å². The highest BCUT2D eigenvalue weighted by molar-refractivity contribution is 6.31. The first-order valence-electron chi connectivity index (χ1n) is 8.93. The monoisotopic (exact) mass is 398 g/mol. The van der Waals surface area contributed by atoms with Gasteiger partial charge in [-0.1, -0.05) is 11.6 Å². The number of rotatable bonds is 4. The van der Waals surface area contributed by atoms with Crippen LogP contribution in [0.15, 0.2) is 41.3 Å². The van der Waals surface area contributed by atoms with Gasteiger partial charge in [-0.05, 0) is 44.2 Å². The fraction of sp³-hybridized carbons (Fsp3) is 0.250. The minimum Gasteiger partial charge on any atom is -0.447 e. The van der Waals surface area contributed by atoms with Crippen molar-refractivity contribution < 1.29 is 9.53 Å². The molecule has 0 aliphatic carbocycles. The number of amides is 1. The number of hydrogen-bond acceptors (Lipinski definition) is 5. The first-order valence-corrected chi connectivity index (χ1v) is 9.31. The van der Waals surface area contributed by atoms with E-state index in [1.165, 1.54) is 0 Å². The van der Waals surface area contributed by atoms with E-state index in [0.717, 1.165) is 22.2 Å². The van der Waals surface area contributed by atoms with Crippen LogP contribution >= 0.6 is 11.6 Å². The fourth-order valence-corrected chi connectivity index (χ4v) is 3.56. The molecule has 1 saturated heterocycles.